The Morgan fingerprint density at radius 3 is 0.712 bits per heavy atom. The van der Waals surface area contributed by atoms with Gasteiger partial charge in [-0.1, -0.05) is 104 Å². The molecule has 0 aliphatic carbocycles. The molecule has 59 heavy (non-hydrogen) atoms. The van der Waals surface area contributed by atoms with Crippen LogP contribution in [0.1, 0.15) is 123 Å². The molecule has 0 atom stereocenters. The largest absolute Gasteiger partial charge is 0.463 e. The van der Waals surface area contributed by atoms with E-state index >= 15 is 0 Å². The number of carbonyl (C=O) groups excluding carboxylic acids is 1. The molecule has 0 amide bonds. The average molecular weight is 855 g/mol. The molecule has 0 aromatic rings. The van der Waals surface area contributed by atoms with Crippen LogP contribution in [-0.4, -0.2) is 171 Å². The molecular weight excluding hydrogens is 764 g/mol. The molecule has 0 fully saturated rings. The Balaban J connectivity index is 3.09. The summed E-state index contributed by atoms with van der Waals surface area (Å²) in [5.74, 6) is -0.147. The fraction of sp³-hybridized carbons (Fsp3) is 0.978. The van der Waals surface area contributed by atoms with Gasteiger partial charge >= 0.3 is 5.97 Å². The minimum atomic E-state index is -0.147. The Morgan fingerprint density at radius 1 is 0.237 bits per heavy atom. The van der Waals surface area contributed by atoms with Gasteiger partial charge in [0, 0.05) is 13.0 Å². The summed E-state index contributed by atoms with van der Waals surface area (Å²) < 4.78 is 71.4. The van der Waals surface area contributed by atoms with Crippen molar-refractivity contribution in [3.63, 3.8) is 0 Å². The minimum Gasteiger partial charge on any atom is -0.463 e. The van der Waals surface area contributed by atoms with Crippen LogP contribution in [0.15, 0.2) is 0 Å². The third-order valence-corrected chi connectivity index (χ3v) is 8.96. The van der Waals surface area contributed by atoms with Gasteiger partial charge < -0.3 is 61.6 Å². The van der Waals surface area contributed by atoms with Gasteiger partial charge in [-0.3, -0.25) is 4.79 Å². The molecule has 0 spiro atoms. The molecule has 0 bridgehead atoms. The summed E-state index contributed by atoms with van der Waals surface area (Å²) in [6, 6.07) is 0. The van der Waals surface area contributed by atoms with Crippen LogP contribution in [0.2, 0.25) is 0 Å². The highest BCUT2D eigenvalue weighted by Crippen LogP contribution is 2.11. The molecule has 354 valence electrons. The molecule has 14 heteroatoms. The molecule has 0 aromatic carbocycles. The molecule has 0 saturated carbocycles. The van der Waals surface area contributed by atoms with E-state index in [9.17, 15) is 4.79 Å². The zero-order chi connectivity index (χ0) is 42.5. The molecule has 0 radical (unpaired) electrons. The number of ether oxygens (including phenoxy) is 13. The highest BCUT2D eigenvalue weighted by Gasteiger charge is 2.03. The lowest BCUT2D eigenvalue weighted by molar-refractivity contribution is -0.145. The standard InChI is InChI=1S/C45H90O14/c1-3-5-7-9-10-11-12-13-14-16-18-20-47-21-22-48-23-24-49-25-26-50-27-28-51-29-30-52-31-32-53-33-34-54-35-36-55-37-38-56-39-40-57-41-42-58-43-44-59-45(46)19-17-15-8-6-4-2/h3-44H2,1-2H3. The van der Waals surface area contributed by atoms with E-state index in [0.717, 1.165) is 25.9 Å². The van der Waals surface area contributed by atoms with E-state index in [1.165, 1.54) is 83.5 Å². The van der Waals surface area contributed by atoms with Crippen LogP contribution >= 0.6 is 0 Å². The normalized spacial score (nSPS) is 11.6. The predicted octanol–water partition coefficient (Wildman–Crippen LogP) is 7.40. The topological polar surface area (TPSA) is 137 Å². The van der Waals surface area contributed by atoms with Crippen molar-refractivity contribution in [2.24, 2.45) is 0 Å². The van der Waals surface area contributed by atoms with Crippen molar-refractivity contribution in [2.75, 3.05) is 165 Å². The Morgan fingerprint density at radius 2 is 0.441 bits per heavy atom. The average Bonchev–Trinajstić information content (AvgIpc) is 3.24. The van der Waals surface area contributed by atoms with Gasteiger partial charge in [-0.15, -0.1) is 0 Å². The Bertz CT molecular complexity index is 766. The van der Waals surface area contributed by atoms with Gasteiger partial charge in [-0.25, -0.2) is 0 Å². The van der Waals surface area contributed by atoms with Crippen molar-refractivity contribution < 1.29 is 66.4 Å². The molecule has 0 aliphatic heterocycles. The highest BCUT2D eigenvalue weighted by molar-refractivity contribution is 5.69. The van der Waals surface area contributed by atoms with E-state index in [2.05, 4.69) is 13.8 Å². The number of hydrogen-bond acceptors (Lipinski definition) is 14. The smallest absolute Gasteiger partial charge is 0.305 e. The lowest BCUT2D eigenvalue weighted by Gasteiger charge is -2.09. The van der Waals surface area contributed by atoms with Crippen molar-refractivity contribution in [2.45, 2.75) is 123 Å². The van der Waals surface area contributed by atoms with Crippen LogP contribution in [0.5, 0.6) is 0 Å². The summed E-state index contributed by atoms with van der Waals surface area (Å²) in [5.41, 5.74) is 0. The summed E-state index contributed by atoms with van der Waals surface area (Å²) in [5, 5.41) is 0. The van der Waals surface area contributed by atoms with Crippen molar-refractivity contribution in [3.05, 3.63) is 0 Å². The minimum absolute atomic E-state index is 0.147. The van der Waals surface area contributed by atoms with E-state index in [4.69, 9.17) is 61.6 Å². The lowest BCUT2D eigenvalue weighted by Crippen LogP contribution is -2.15. The number of hydrogen-bond donors (Lipinski definition) is 0. The van der Waals surface area contributed by atoms with Crippen LogP contribution in [0.3, 0.4) is 0 Å². The van der Waals surface area contributed by atoms with E-state index in [1.54, 1.807) is 0 Å². The fourth-order valence-electron chi connectivity index (χ4n) is 5.55. The maximum absolute atomic E-state index is 11.6. The summed E-state index contributed by atoms with van der Waals surface area (Å²) >= 11 is 0. The number of rotatable bonds is 54. The summed E-state index contributed by atoms with van der Waals surface area (Å²) in [6.45, 7) is 17.4. The second-order valence-corrected chi connectivity index (χ2v) is 14.3. The van der Waals surface area contributed by atoms with Crippen molar-refractivity contribution in [1.82, 2.24) is 0 Å². The molecule has 0 heterocycles. The predicted molar refractivity (Wildman–Crippen MR) is 231 cm³/mol. The Kier molecular flexibility index (Phi) is 54.1. The van der Waals surface area contributed by atoms with E-state index in [1.807, 2.05) is 0 Å². The van der Waals surface area contributed by atoms with Crippen LogP contribution < -0.4 is 0 Å². The van der Waals surface area contributed by atoms with Gasteiger partial charge in [0.15, 0.2) is 0 Å². The van der Waals surface area contributed by atoms with E-state index in [-0.39, 0.29) is 12.6 Å². The van der Waals surface area contributed by atoms with Gasteiger partial charge in [0.1, 0.15) is 6.61 Å². The molecule has 0 saturated heterocycles. The van der Waals surface area contributed by atoms with Gasteiger partial charge in [-0.05, 0) is 12.8 Å². The van der Waals surface area contributed by atoms with Crippen LogP contribution in [0.4, 0.5) is 0 Å². The first-order valence-electron chi connectivity index (χ1n) is 23.4. The first-order chi connectivity index (χ1) is 29.3. The quantitative estimate of drug-likeness (QED) is 0.0444. The lowest BCUT2D eigenvalue weighted by atomic mass is 10.1. The Hall–Kier alpha value is -1.01. The SMILES string of the molecule is CCCCCCCCCCCCCOCCOCCOCCOCCOCCOCCOCCOCCOCCOCCOCCOCCOC(=O)CCCCCCC. The Labute approximate surface area is 359 Å². The number of esters is 1. The second-order valence-electron chi connectivity index (χ2n) is 14.3. The fourth-order valence-corrected chi connectivity index (χ4v) is 5.55. The van der Waals surface area contributed by atoms with Crippen molar-refractivity contribution >= 4 is 5.97 Å². The van der Waals surface area contributed by atoms with Gasteiger partial charge in [0.05, 0.1) is 152 Å². The van der Waals surface area contributed by atoms with E-state index < -0.39 is 0 Å². The molecule has 0 rings (SSSR count). The summed E-state index contributed by atoms with van der Waals surface area (Å²) in [6.07, 6.45) is 20.9. The van der Waals surface area contributed by atoms with Gasteiger partial charge in [-0.2, -0.15) is 0 Å². The number of unbranched alkanes of at least 4 members (excludes halogenated alkanes) is 14. The zero-order valence-corrected chi connectivity index (χ0v) is 37.9. The first kappa shape index (κ1) is 58.0. The maximum Gasteiger partial charge on any atom is 0.305 e. The van der Waals surface area contributed by atoms with Gasteiger partial charge in [0.2, 0.25) is 0 Å². The van der Waals surface area contributed by atoms with Crippen LogP contribution in [0, 0.1) is 0 Å². The first-order valence-corrected chi connectivity index (χ1v) is 23.4. The zero-order valence-electron chi connectivity index (χ0n) is 37.9. The monoisotopic (exact) mass is 855 g/mol. The third-order valence-electron chi connectivity index (χ3n) is 8.96. The number of carbonyl (C=O) groups is 1. The second kappa shape index (κ2) is 55.0. The van der Waals surface area contributed by atoms with Crippen LogP contribution in [-0.2, 0) is 66.4 Å². The third kappa shape index (κ3) is 55.0. The van der Waals surface area contributed by atoms with Crippen molar-refractivity contribution in [1.29, 1.82) is 0 Å². The molecule has 14 nitrogen and oxygen atoms in total. The maximum atomic E-state index is 11.6. The molecule has 0 unspecified atom stereocenters. The molecular formula is C45H90O14. The van der Waals surface area contributed by atoms with Crippen molar-refractivity contribution in [3.8, 4) is 0 Å². The van der Waals surface area contributed by atoms with Gasteiger partial charge in [0.25, 0.3) is 0 Å². The summed E-state index contributed by atoms with van der Waals surface area (Å²) in [7, 11) is 0. The summed E-state index contributed by atoms with van der Waals surface area (Å²) in [4.78, 5) is 11.6. The molecule has 0 aromatic heterocycles. The van der Waals surface area contributed by atoms with E-state index in [0.29, 0.717) is 158 Å². The molecule has 0 aliphatic rings. The highest BCUT2D eigenvalue weighted by atomic mass is 16.6. The molecule has 0 N–H and O–H groups in total. The van der Waals surface area contributed by atoms with Crippen LogP contribution in [0.25, 0.3) is 0 Å².